The zero-order valence-electron chi connectivity index (χ0n) is 26.0. The average Bonchev–Trinajstić information content (AvgIpc) is 3.28. The van der Waals surface area contributed by atoms with Crippen LogP contribution in [0.1, 0.15) is 111 Å². The van der Waals surface area contributed by atoms with Crippen molar-refractivity contribution in [1.29, 1.82) is 0 Å². The third-order valence-electron chi connectivity index (χ3n) is 12.6. The second kappa shape index (κ2) is 11.7. The molecule has 0 bridgehead atoms. The van der Waals surface area contributed by atoms with Gasteiger partial charge in [-0.2, -0.15) is 0 Å². The van der Waals surface area contributed by atoms with Gasteiger partial charge >= 0.3 is 5.97 Å². The number of rotatable bonds is 8. The molecule has 0 spiro atoms. The van der Waals surface area contributed by atoms with Crippen molar-refractivity contribution in [3.63, 3.8) is 0 Å². The Morgan fingerprint density at radius 1 is 1.00 bits per heavy atom. The molecule has 3 heteroatoms. The SMILES string of the molecule is CC(C)C(C)CCC(C)C1CCC2C3CC=C4CC(OC(=O)/C=C\c5ccc(O)cc5)CCC4(C)C3CCC12C. The summed E-state index contributed by atoms with van der Waals surface area (Å²) in [5.74, 6) is 5.79. The maximum absolute atomic E-state index is 12.6. The zero-order chi connectivity index (χ0) is 28.7. The molecule has 3 nitrogen and oxygen atoms in total. The average molecular weight is 547 g/mol. The summed E-state index contributed by atoms with van der Waals surface area (Å²) < 4.78 is 5.93. The number of allylic oxidation sites excluding steroid dienone is 1. The molecule has 0 heterocycles. The first-order valence-corrected chi connectivity index (χ1v) is 16.4. The molecule has 0 radical (unpaired) electrons. The number of phenols is 1. The number of esters is 1. The summed E-state index contributed by atoms with van der Waals surface area (Å²) in [5, 5.41) is 9.46. The Kier molecular flexibility index (Phi) is 8.61. The van der Waals surface area contributed by atoms with Gasteiger partial charge in [0.15, 0.2) is 0 Å². The first kappa shape index (κ1) is 29.5. The van der Waals surface area contributed by atoms with Crippen molar-refractivity contribution in [2.24, 2.45) is 52.3 Å². The highest BCUT2D eigenvalue weighted by molar-refractivity contribution is 5.87. The van der Waals surface area contributed by atoms with E-state index in [9.17, 15) is 9.90 Å². The van der Waals surface area contributed by atoms with E-state index >= 15 is 0 Å². The minimum Gasteiger partial charge on any atom is -0.508 e. The normalized spacial score (nSPS) is 36.9. The molecular weight excluding hydrogens is 492 g/mol. The van der Waals surface area contributed by atoms with E-state index in [0.29, 0.717) is 5.41 Å². The molecule has 4 aliphatic rings. The van der Waals surface area contributed by atoms with Crippen molar-refractivity contribution in [2.45, 2.75) is 112 Å². The maximum Gasteiger partial charge on any atom is 0.331 e. The highest BCUT2D eigenvalue weighted by atomic mass is 16.5. The molecule has 9 unspecified atom stereocenters. The number of carbonyl (C=O) groups is 1. The van der Waals surface area contributed by atoms with E-state index in [1.165, 1.54) is 51.0 Å². The second-order valence-corrected chi connectivity index (χ2v) is 15.0. The summed E-state index contributed by atoms with van der Waals surface area (Å²) in [6.45, 7) is 15.0. The maximum atomic E-state index is 12.6. The van der Waals surface area contributed by atoms with Gasteiger partial charge < -0.3 is 9.84 Å². The zero-order valence-corrected chi connectivity index (χ0v) is 26.0. The van der Waals surface area contributed by atoms with Crippen LogP contribution in [0, 0.1) is 52.3 Å². The molecule has 5 rings (SSSR count). The molecule has 3 saturated carbocycles. The van der Waals surface area contributed by atoms with Crippen LogP contribution in [-0.4, -0.2) is 17.2 Å². The summed E-state index contributed by atoms with van der Waals surface area (Å²) in [5.41, 5.74) is 3.23. The Bertz CT molecular complexity index is 1100. The molecule has 0 amide bonds. The number of hydrogen-bond donors (Lipinski definition) is 1. The van der Waals surface area contributed by atoms with Gasteiger partial charge in [0.1, 0.15) is 11.9 Å². The van der Waals surface area contributed by atoms with E-state index in [2.05, 4.69) is 47.6 Å². The second-order valence-electron chi connectivity index (χ2n) is 15.0. The van der Waals surface area contributed by atoms with Gasteiger partial charge in [-0.3, -0.25) is 0 Å². The molecule has 220 valence electrons. The van der Waals surface area contributed by atoms with E-state index in [4.69, 9.17) is 4.74 Å². The lowest BCUT2D eigenvalue weighted by Crippen LogP contribution is -2.51. The molecule has 9 atom stereocenters. The van der Waals surface area contributed by atoms with Crippen molar-refractivity contribution in [3.05, 3.63) is 47.6 Å². The van der Waals surface area contributed by atoms with E-state index in [1.807, 2.05) is 0 Å². The molecular formula is C37H54O3. The molecule has 4 aliphatic carbocycles. The van der Waals surface area contributed by atoms with E-state index in [1.54, 1.807) is 35.9 Å². The Labute approximate surface area is 243 Å². The topological polar surface area (TPSA) is 46.5 Å². The van der Waals surface area contributed by atoms with Gasteiger partial charge in [0.25, 0.3) is 0 Å². The van der Waals surface area contributed by atoms with Crippen LogP contribution in [0.15, 0.2) is 42.0 Å². The highest BCUT2D eigenvalue weighted by Crippen LogP contribution is 2.67. The number of ether oxygens (including phenoxy) is 1. The highest BCUT2D eigenvalue weighted by Gasteiger charge is 2.59. The van der Waals surface area contributed by atoms with Gasteiger partial charge in [-0.1, -0.05) is 78.2 Å². The molecule has 1 aromatic rings. The van der Waals surface area contributed by atoms with Crippen molar-refractivity contribution < 1.29 is 14.6 Å². The quantitative estimate of drug-likeness (QED) is 0.201. The minimum atomic E-state index is -0.265. The van der Waals surface area contributed by atoms with E-state index < -0.39 is 0 Å². The lowest BCUT2D eigenvalue weighted by Gasteiger charge is -2.58. The minimum absolute atomic E-state index is 0.0216. The largest absolute Gasteiger partial charge is 0.508 e. The van der Waals surface area contributed by atoms with E-state index in [0.717, 1.165) is 66.3 Å². The van der Waals surface area contributed by atoms with Crippen LogP contribution in [0.3, 0.4) is 0 Å². The lowest BCUT2D eigenvalue weighted by atomic mass is 9.47. The fraction of sp³-hybridized carbons (Fsp3) is 0.703. The predicted molar refractivity (Wildman–Crippen MR) is 165 cm³/mol. The summed E-state index contributed by atoms with van der Waals surface area (Å²) >= 11 is 0. The van der Waals surface area contributed by atoms with Gasteiger partial charge in [0.2, 0.25) is 0 Å². The van der Waals surface area contributed by atoms with Crippen LogP contribution in [-0.2, 0) is 9.53 Å². The molecule has 1 aromatic carbocycles. The van der Waals surface area contributed by atoms with E-state index in [-0.39, 0.29) is 23.2 Å². The van der Waals surface area contributed by atoms with Crippen LogP contribution >= 0.6 is 0 Å². The lowest BCUT2D eigenvalue weighted by molar-refractivity contribution is -0.145. The third-order valence-corrected chi connectivity index (χ3v) is 12.6. The third kappa shape index (κ3) is 5.68. The number of fused-ring (bicyclic) bond motifs is 5. The Morgan fingerprint density at radius 2 is 1.75 bits per heavy atom. The van der Waals surface area contributed by atoms with Gasteiger partial charge in [-0.05, 0) is 121 Å². The molecule has 0 aromatic heterocycles. The van der Waals surface area contributed by atoms with Crippen LogP contribution in [0.25, 0.3) is 6.08 Å². The standard InChI is InChI=1S/C37H54O3/c1-24(2)25(3)7-8-26(4)32-16-17-33-31-15-12-28-23-30(19-21-36(28,5)34(31)20-22-37(32,33)6)40-35(39)18-11-27-9-13-29(38)14-10-27/h9-14,18,24-26,30-34,38H,7-8,15-17,19-23H2,1-6H3/b18-11-. The Hall–Kier alpha value is -2.03. The molecule has 1 N–H and O–H groups in total. The summed E-state index contributed by atoms with van der Waals surface area (Å²) in [7, 11) is 0. The number of carbonyl (C=O) groups excluding carboxylic acids is 1. The van der Waals surface area contributed by atoms with Crippen LogP contribution in [0.4, 0.5) is 0 Å². The first-order valence-electron chi connectivity index (χ1n) is 16.4. The molecule has 0 saturated heterocycles. The van der Waals surface area contributed by atoms with Crippen LogP contribution < -0.4 is 0 Å². The van der Waals surface area contributed by atoms with Gasteiger partial charge in [0.05, 0.1) is 0 Å². The van der Waals surface area contributed by atoms with Gasteiger partial charge in [0, 0.05) is 12.5 Å². The summed E-state index contributed by atoms with van der Waals surface area (Å²) in [6, 6.07) is 6.85. The molecule has 0 aliphatic heterocycles. The van der Waals surface area contributed by atoms with Crippen LogP contribution in [0.2, 0.25) is 0 Å². The molecule has 3 fully saturated rings. The summed E-state index contributed by atoms with van der Waals surface area (Å²) in [4.78, 5) is 12.6. The van der Waals surface area contributed by atoms with Gasteiger partial charge in [-0.15, -0.1) is 0 Å². The van der Waals surface area contributed by atoms with Crippen molar-refractivity contribution in [1.82, 2.24) is 0 Å². The van der Waals surface area contributed by atoms with Crippen LogP contribution in [0.5, 0.6) is 5.75 Å². The first-order chi connectivity index (χ1) is 19.0. The Balaban J connectivity index is 1.21. The fourth-order valence-corrected chi connectivity index (χ4v) is 9.72. The number of benzene rings is 1. The molecule has 40 heavy (non-hydrogen) atoms. The smallest absolute Gasteiger partial charge is 0.331 e. The summed E-state index contributed by atoms with van der Waals surface area (Å²) in [6.07, 6.45) is 18.5. The van der Waals surface area contributed by atoms with Crippen molar-refractivity contribution in [3.8, 4) is 5.75 Å². The van der Waals surface area contributed by atoms with Crippen molar-refractivity contribution in [2.75, 3.05) is 0 Å². The van der Waals surface area contributed by atoms with Gasteiger partial charge in [-0.25, -0.2) is 4.79 Å². The fourth-order valence-electron chi connectivity index (χ4n) is 9.72. The monoisotopic (exact) mass is 546 g/mol. The number of hydrogen-bond acceptors (Lipinski definition) is 3. The predicted octanol–water partition coefficient (Wildman–Crippen LogP) is 9.60. The number of phenolic OH excluding ortho intramolecular Hbond substituents is 1. The van der Waals surface area contributed by atoms with Crippen molar-refractivity contribution >= 4 is 12.0 Å². The Morgan fingerprint density at radius 3 is 2.48 bits per heavy atom. The number of aromatic hydroxyl groups is 1.